The summed E-state index contributed by atoms with van der Waals surface area (Å²) in [7, 11) is 0. The highest BCUT2D eigenvalue weighted by atomic mass is 32.2. The predicted molar refractivity (Wildman–Crippen MR) is 94.1 cm³/mol. The molecule has 24 heavy (non-hydrogen) atoms. The molecule has 1 aromatic carbocycles. The van der Waals surface area contributed by atoms with Gasteiger partial charge in [-0.05, 0) is 39.0 Å². The Hall–Kier alpha value is -2.34. The Morgan fingerprint density at radius 3 is 2.46 bits per heavy atom. The summed E-state index contributed by atoms with van der Waals surface area (Å²) in [6.07, 6.45) is 0. The number of hydrogen-bond acceptors (Lipinski definition) is 5. The molecule has 0 fully saturated rings. The SMILES string of the molecule is Cc1ccc(-n2c(C)cc(C(=O)CSc3nnc(C)o3)c2C)cc1. The molecule has 2 heterocycles. The van der Waals surface area contributed by atoms with Crippen molar-refractivity contribution in [2.75, 3.05) is 5.75 Å². The van der Waals surface area contributed by atoms with Crippen molar-refractivity contribution in [3.8, 4) is 5.69 Å². The number of nitrogens with zero attached hydrogens (tertiary/aromatic N) is 3. The Morgan fingerprint density at radius 1 is 1.12 bits per heavy atom. The fourth-order valence-electron chi connectivity index (χ4n) is 2.68. The van der Waals surface area contributed by atoms with Gasteiger partial charge in [0.25, 0.3) is 5.22 Å². The summed E-state index contributed by atoms with van der Waals surface area (Å²) in [6, 6.07) is 10.2. The molecule has 0 atom stereocenters. The maximum Gasteiger partial charge on any atom is 0.277 e. The van der Waals surface area contributed by atoms with Crippen molar-refractivity contribution >= 4 is 17.5 Å². The number of carbonyl (C=O) groups is 1. The number of aromatic nitrogens is 3. The molecule has 3 aromatic rings. The lowest BCUT2D eigenvalue weighted by Crippen LogP contribution is -2.05. The summed E-state index contributed by atoms with van der Waals surface area (Å²) >= 11 is 1.27. The maximum absolute atomic E-state index is 12.6. The van der Waals surface area contributed by atoms with Gasteiger partial charge in [0, 0.05) is 29.6 Å². The van der Waals surface area contributed by atoms with Gasteiger partial charge in [0.05, 0.1) is 5.75 Å². The van der Waals surface area contributed by atoms with Crippen LogP contribution in [0.25, 0.3) is 5.69 Å². The van der Waals surface area contributed by atoms with Gasteiger partial charge in [-0.1, -0.05) is 29.5 Å². The molecule has 0 spiro atoms. The molecule has 0 aliphatic rings. The summed E-state index contributed by atoms with van der Waals surface area (Å²) in [6.45, 7) is 7.78. The van der Waals surface area contributed by atoms with E-state index in [9.17, 15) is 4.79 Å². The summed E-state index contributed by atoms with van der Waals surface area (Å²) in [4.78, 5) is 12.6. The van der Waals surface area contributed by atoms with E-state index in [4.69, 9.17) is 4.42 Å². The summed E-state index contributed by atoms with van der Waals surface area (Å²) in [5.74, 6) is 0.838. The number of Topliss-reactive ketones (excluding diaryl/α,β-unsaturated/α-hetero) is 1. The average Bonchev–Trinajstić information content (AvgIpc) is 3.09. The molecule has 0 aliphatic heterocycles. The Balaban J connectivity index is 1.82. The molecule has 0 saturated carbocycles. The van der Waals surface area contributed by atoms with Crippen LogP contribution in [0.15, 0.2) is 40.0 Å². The zero-order chi connectivity index (χ0) is 17.3. The Labute approximate surface area is 145 Å². The third kappa shape index (κ3) is 3.28. The Kier molecular flexibility index (Phi) is 4.57. The molecule has 3 rings (SSSR count). The minimum absolute atomic E-state index is 0.0577. The molecular formula is C18H19N3O2S. The topological polar surface area (TPSA) is 60.9 Å². The van der Waals surface area contributed by atoms with E-state index in [1.807, 2.05) is 19.9 Å². The molecule has 2 aromatic heterocycles. The van der Waals surface area contributed by atoms with E-state index in [0.717, 1.165) is 22.6 Å². The minimum Gasteiger partial charge on any atom is -0.416 e. The van der Waals surface area contributed by atoms with Gasteiger partial charge in [-0.3, -0.25) is 4.79 Å². The van der Waals surface area contributed by atoms with Crippen molar-refractivity contribution in [1.82, 2.24) is 14.8 Å². The van der Waals surface area contributed by atoms with Gasteiger partial charge in [-0.25, -0.2) is 0 Å². The minimum atomic E-state index is 0.0577. The van der Waals surface area contributed by atoms with Gasteiger partial charge in [0.1, 0.15) is 0 Å². The number of carbonyl (C=O) groups excluding carboxylic acids is 1. The van der Waals surface area contributed by atoms with Crippen LogP contribution in [0.1, 0.15) is 33.2 Å². The first kappa shape index (κ1) is 16.5. The van der Waals surface area contributed by atoms with E-state index < -0.39 is 0 Å². The zero-order valence-corrected chi connectivity index (χ0v) is 15.0. The first-order valence-electron chi connectivity index (χ1n) is 7.68. The fraction of sp³-hybridized carbons (Fsp3) is 0.278. The van der Waals surface area contributed by atoms with Crippen molar-refractivity contribution in [3.63, 3.8) is 0 Å². The van der Waals surface area contributed by atoms with Gasteiger partial charge in [0.15, 0.2) is 5.78 Å². The van der Waals surface area contributed by atoms with Crippen molar-refractivity contribution in [2.24, 2.45) is 0 Å². The van der Waals surface area contributed by atoms with Crippen LogP contribution in [0, 0.1) is 27.7 Å². The smallest absolute Gasteiger partial charge is 0.277 e. The molecule has 0 bridgehead atoms. The number of ketones is 1. The number of aryl methyl sites for hydroxylation is 3. The number of benzene rings is 1. The second kappa shape index (κ2) is 6.65. The Bertz CT molecular complexity index is 878. The highest BCUT2D eigenvalue weighted by molar-refractivity contribution is 7.99. The first-order chi connectivity index (χ1) is 11.5. The van der Waals surface area contributed by atoms with Crippen molar-refractivity contribution < 1.29 is 9.21 Å². The lowest BCUT2D eigenvalue weighted by atomic mass is 10.2. The van der Waals surface area contributed by atoms with Crippen molar-refractivity contribution in [3.05, 3.63) is 58.7 Å². The van der Waals surface area contributed by atoms with E-state index >= 15 is 0 Å². The normalized spacial score (nSPS) is 11.0. The van der Waals surface area contributed by atoms with E-state index in [0.29, 0.717) is 11.1 Å². The quantitative estimate of drug-likeness (QED) is 0.517. The summed E-state index contributed by atoms with van der Waals surface area (Å²) in [5, 5.41) is 8.09. The van der Waals surface area contributed by atoms with E-state index in [1.165, 1.54) is 17.3 Å². The van der Waals surface area contributed by atoms with E-state index in [-0.39, 0.29) is 11.5 Å². The largest absolute Gasteiger partial charge is 0.416 e. The molecule has 5 nitrogen and oxygen atoms in total. The fourth-order valence-corrected chi connectivity index (χ4v) is 3.37. The van der Waals surface area contributed by atoms with E-state index in [2.05, 4.69) is 46.0 Å². The van der Waals surface area contributed by atoms with Crippen LogP contribution in [0.3, 0.4) is 0 Å². The van der Waals surface area contributed by atoms with Crippen LogP contribution in [-0.2, 0) is 0 Å². The van der Waals surface area contributed by atoms with E-state index in [1.54, 1.807) is 6.92 Å². The van der Waals surface area contributed by atoms with Crippen molar-refractivity contribution in [2.45, 2.75) is 32.9 Å². The molecule has 0 aliphatic carbocycles. The predicted octanol–water partition coefficient (Wildman–Crippen LogP) is 4.07. The summed E-state index contributed by atoms with van der Waals surface area (Å²) in [5.41, 5.74) is 5.00. The third-order valence-electron chi connectivity index (χ3n) is 3.86. The standard InChI is InChI=1S/C18H19N3O2S/c1-11-5-7-15(8-6-11)21-12(2)9-16(13(21)3)17(22)10-24-18-20-19-14(4)23-18/h5-9H,10H2,1-4H3. The van der Waals surface area contributed by atoms with Crippen LogP contribution >= 0.6 is 11.8 Å². The van der Waals surface area contributed by atoms with Crippen molar-refractivity contribution in [1.29, 1.82) is 0 Å². The molecule has 0 radical (unpaired) electrons. The summed E-state index contributed by atoms with van der Waals surface area (Å²) < 4.78 is 7.40. The molecule has 124 valence electrons. The molecule has 0 saturated heterocycles. The molecule has 6 heteroatoms. The maximum atomic E-state index is 12.6. The van der Waals surface area contributed by atoms with Gasteiger partial charge >= 0.3 is 0 Å². The van der Waals surface area contributed by atoms with Crippen LogP contribution in [-0.4, -0.2) is 26.3 Å². The Morgan fingerprint density at radius 2 is 1.83 bits per heavy atom. The second-order valence-corrected chi connectivity index (χ2v) is 6.68. The zero-order valence-electron chi connectivity index (χ0n) is 14.2. The molecule has 0 unspecified atom stereocenters. The molecular weight excluding hydrogens is 322 g/mol. The van der Waals surface area contributed by atoms with Gasteiger partial charge in [-0.2, -0.15) is 0 Å². The second-order valence-electron chi connectivity index (χ2n) is 5.75. The van der Waals surface area contributed by atoms with Gasteiger partial charge in [-0.15, -0.1) is 10.2 Å². The van der Waals surface area contributed by atoms with Crippen LogP contribution < -0.4 is 0 Å². The number of hydrogen-bond donors (Lipinski definition) is 0. The van der Waals surface area contributed by atoms with Gasteiger partial charge < -0.3 is 8.98 Å². The highest BCUT2D eigenvalue weighted by Gasteiger charge is 2.17. The molecule has 0 N–H and O–H groups in total. The average molecular weight is 341 g/mol. The lowest BCUT2D eigenvalue weighted by molar-refractivity contribution is 0.102. The lowest BCUT2D eigenvalue weighted by Gasteiger charge is -2.10. The number of thioether (sulfide) groups is 1. The molecule has 0 amide bonds. The highest BCUT2D eigenvalue weighted by Crippen LogP contribution is 2.24. The van der Waals surface area contributed by atoms with Crippen LogP contribution in [0.4, 0.5) is 0 Å². The first-order valence-corrected chi connectivity index (χ1v) is 8.66. The third-order valence-corrected chi connectivity index (χ3v) is 4.68. The van der Waals surface area contributed by atoms with Crippen LogP contribution in [0.2, 0.25) is 0 Å². The van der Waals surface area contributed by atoms with Gasteiger partial charge in [0.2, 0.25) is 5.89 Å². The monoisotopic (exact) mass is 341 g/mol. The van der Waals surface area contributed by atoms with Crippen LogP contribution in [0.5, 0.6) is 0 Å². The number of rotatable bonds is 5.